The van der Waals surface area contributed by atoms with Crippen LogP contribution in [0.2, 0.25) is 0 Å². The van der Waals surface area contributed by atoms with Gasteiger partial charge in [-0.1, -0.05) is 81.5 Å². The van der Waals surface area contributed by atoms with Crippen LogP contribution in [0.15, 0.2) is 58.9 Å². The van der Waals surface area contributed by atoms with Crippen molar-refractivity contribution in [2.24, 2.45) is 17.8 Å². The van der Waals surface area contributed by atoms with Crippen molar-refractivity contribution < 1.29 is 29.0 Å². The standard InChI is InChI=1S/C40H50O6/c1-5-7-21-45-31(41)19-17-27-13-9-11-15-29-23-25(3)33(35(27)29)37-39(43)38(40(37)44)34-26(4)24-30-16-12-10-14-28(36(30)34)18-20-32(42)46-22-8-6-2/h9,11,13,15,23-24,28,30,36,43H,5-8,10,12,14,16-22H2,1-4H3/b38-34-. The molecular formula is C40H50O6. The van der Waals surface area contributed by atoms with E-state index in [0.29, 0.717) is 43.1 Å². The Labute approximate surface area is 274 Å². The predicted molar refractivity (Wildman–Crippen MR) is 181 cm³/mol. The third kappa shape index (κ3) is 7.01. The van der Waals surface area contributed by atoms with E-state index in [2.05, 4.69) is 32.9 Å². The third-order valence-electron chi connectivity index (χ3n) is 10.2. The molecule has 6 nitrogen and oxygen atoms in total. The number of fused-ring (bicyclic) bond motifs is 2. The van der Waals surface area contributed by atoms with E-state index >= 15 is 0 Å². The minimum atomic E-state index is -0.225. The first-order valence-corrected chi connectivity index (χ1v) is 17.5. The highest BCUT2D eigenvalue weighted by Crippen LogP contribution is 2.54. The number of hydrogen-bond donors (Lipinski definition) is 1. The summed E-state index contributed by atoms with van der Waals surface area (Å²) in [4.78, 5) is 39.2. The Bertz CT molecular complexity index is 1520. The molecule has 0 heterocycles. The van der Waals surface area contributed by atoms with Gasteiger partial charge in [-0.05, 0) is 98.0 Å². The van der Waals surface area contributed by atoms with Gasteiger partial charge < -0.3 is 14.6 Å². The van der Waals surface area contributed by atoms with Crippen LogP contribution >= 0.6 is 0 Å². The number of aliphatic hydroxyl groups excluding tert-OH is 1. The van der Waals surface area contributed by atoms with Gasteiger partial charge in [0.2, 0.25) is 5.78 Å². The molecule has 3 atom stereocenters. The van der Waals surface area contributed by atoms with E-state index in [-0.39, 0.29) is 41.7 Å². The Kier molecular flexibility index (Phi) is 11.2. The van der Waals surface area contributed by atoms with Crippen LogP contribution in [0.1, 0.15) is 108 Å². The molecule has 246 valence electrons. The van der Waals surface area contributed by atoms with Crippen molar-refractivity contribution >= 4 is 23.3 Å². The van der Waals surface area contributed by atoms with Gasteiger partial charge in [0.25, 0.3) is 0 Å². The summed E-state index contributed by atoms with van der Waals surface area (Å²) in [5.74, 6) is 0.247. The lowest BCUT2D eigenvalue weighted by Crippen LogP contribution is -2.28. The summed E-state index contributed by atoms with van der Waals surface area (Å²) in [6, 6.07) is 10.0. The highest BCUT2D eigenvalue weighted by atomic mass is 16.5. The van der Waals surface area contributed by atoms with Gasteiger partial charge in [0, 0.05) is 18.4 Å². The van der Waals surface area contributed by atoms with E-state index in [0.717, 1.165) is 96.8 Å². The molecule has 46 heavy (non-hydrogen) atoms. The van der Waals surface area contributed by atoms with Gasteiger partial charge in [0.15, 0.2) is 0 Å². The summed E-state index contributed by atoms with van der Waals surface area (Å²) in [5, 5.41) is 11.8. The monoisotopic (exact) mass is 626 g/mol. The summed E-state index contributed by atoms with van der Waals surface area (Å²) >= 11 is 0. The molecule has 0 aromatic carbocycles. The molecule has 5 rings (SSSR count). The molecule has 0 bridgehead atoms. The van der Waals surface area contributed by atoms with Crippen LogP contribution in [0.25, 0.3) is 16.7 Å². The van der Waals surface area contributed by atoms with Crippen molar-refractivity contribution in [3.63, 3.8) is 0 Å². The lowest BCUT2D eigenvalue weighted by molar-refractivity contribution is -0.144. The Morgan fingerprint density at radius 2 is 1.57 bits per heavy atom. The number of allylic oxidation sites excluding steroid dienone is 5. The first-order valence-electron chi connectivity index (χ1n) is 17.5. The minimum Gasteiger partial charge on any atom is -0.506 e. The smallest absolute Gasteiger partial charge is 0.306 e. The quantitative estimate of drug-likeness (QED) is 0.136. The predicted octanol–water partition coefficient (Wildman–Crippen LogP) is 9.03. The lowest BCUT2D eigenvalue weighted by atomic mass is 9.71. The SMILES string of the molecule is CCCCOC(=O)CCc1ccccc2cc(C)c(C3=C(O)/C(=C4\C(C)=CC5CCCCC(CCC(=O)OCCCC)C45)C3=O)c1-2. The van der Waals surface area contributed by atoms with E-state index in [9.17, 15) is 19.5 Å². The maximum absolute atomic E-state index is 14.2. The number of Topliss-reactive ketones (excluding diaryl/α,β-unsaturated/α-hetero) is 1. The van der Waals surface area contributed by atoms with Gasteiger partial charge in [-0.3, -0.25) is 14.4 Å². The Morgan fingerprint density at radius 3 is 2.26 bits per heavy atom. The molecule has 5 aliphatic rings. The second-order valence-corrected chi connectivity index (χ2v) is 13.4. The van der Waals surface area contributed by atoms with E-state index < -0.39 is 0 Å². The van der Waals surface area contributed by atoms with Crippen LogP contribution in [0, 0.1) is 24.7 Å². The number of ether oxygens (including phenoxy) is 2. The normalized spacial score (nSPS) is 22.7. The summed E-state index contributed by atoms with van der Waals surface area (Å²) in [6.07, 6.45) is 12.1. The number of hydrogen-bond acceptors (Lipinski definition) is 6. The topological polar surface area (TPSA) is 89.9 Å². The third-order valence-corrected chi connectivity index (χ3v) is 10.2. The van der Waals surface area contributed by atoms with Crippen molar-refractivity contribution in [3.05, 3.63) is 75.6 Å². The molecule has 1 N–H and O–H groups in total. The number of ketones is 1. The molecule has 0 aliphatic heterocycles. The first kappa shape index (κ1) is 33.7. The number of aryl methyl sites for hydroxylation is 2. The molecule has 0 aromatic rings. The van der Waals surface area contributed by atoms with Crippen molar-refractivity contribution in [2.45, 2.75) is 105 Å². The van der Waals surface area contributed by atoms with Crippen molar-refractivity contribution in [1.82, 2.24) is 0 Å². The number of carbonyl (C=O) groups excluding carboxylic acids is 3. The Balaban J connectivity index is 1.47. The van der Waals surface area contributed by atoms with Crippen molar-refractivity contribution in [3.8, 4) is 11.1 Å². The molecule has 5 aliphatic carbocycles. The molecule has 3 unspecified atom stereocenters. The van der Waals surface area contributed by atoms with E-state index in [1.54, 1.807) is 0 Å². The minimum absolute atomic E-state index is 0.0717. The number of rotatable bonds is 13. The molecule has 6 heteroatoms. The van der Waals surface area contributed by atoms with E-state index in [4.69, 9.17) is 9.47 Å². The second-order valence-electron chi connectivity index (χ2n) is 13.4. The molecule has 0 saturated heterocycles. The van der Waals surface area contributed by atoms with Gasteiger partial charge in [0.1, 0.15) is 5.76 Å². The zero-order valence-corrected chi connectivity index (χ0v) is 28.1. The zero-order chi connectivity index (χ0) is 32.8. The highest BCUT2D eigenvalue weighted by Gasteiger charge is 2.46. The summed E-state index contributed by atoms with van der Waals surface area (Å²) in [6.45, 7) is 9.08. The van der Waals surface area contributed by atoms with Crippen LogP contribution in [0.3, 0.4) is 0 Å². The Hall–Kier alpha value is -3.67. The molecule has 1 saturated carbocycles. The highest BCUT2D eigenvalue weighted by molar-refractivity contribution is 6.40. The average Bonchev–Trinajstić information content (AvgIpc) is 3.32. The fraction of sp³-hybridized carbons (Fsp3) is 0.525. The van der Waals surface area contributed by atoms with Gasteiger partial charge in [-0.25, -0.2) is 0 Å². The van der Waals surface area contributed by atoms with Crippen molar-refractivity contribution in [1.29, 1.82) is 0 Å². The number of esters is 2. The first-order chi connectivity index (χ1) is 22.3. The molecule has 0 aromatic heterocycles. The van der Waals surface area contributed by atoms with Gasteiger partial charge in [-0.15, -0.1) is 0 Å². The summed E-state index contributed by atoms with van der Waals surface area (Å²) in [7, 11) is 0. The van der Waals surface area contributed by atoms with Crippen LogP contribution in [-0.4, -0.2) is 36.0 Å². The fourth-order valence-corrected chi connectivity index (χ4v) is 7.86. The fourth-order valence-electron chi connectivity index (χ4n) is 7.86. The van der Waals surface area contributed by atoms with E-state index in [1.165, 1.54) is 0 Å². The maximum atomic E-state index is 14.2. The van der Waals surface area contributed by atoms with Gasteiger partial charge >= 0.3 is 11.9 Å². The molecule has 0 amide bonds. The molecular weight excluding hydrogens is 576 g/mol. The van der Waals surface area contributed by atoms with Crippen LogP contribution in [-0.2, 0) is 30.3 Å². The van der Waals surface area contributed by atoms with Crippen LogP contribution in [0.4, 0.5) is 0 Å². The van der Waals surface area contributed by atoms with E-state index in [1.807, 2.05) is 31.2 Å². The lowest BCUT2D eigenvalue weighted by Gasteiger charge is -2.32. The zero-order valence-electron chi connectivity index (χ0n) is 28.1. The van der Waals surface area contributed by atoms with Crippen molar-refractivity contribution in [2.75, 3.05) is 13.2 Å². The second kappa shape index (κ2) is 15.3. The number of carbonyl (C=O) groups is 3. The maximum Gasteiger partial charge on any atom is 0.306 e. The molecule has 1 fully saturated rings. The Morgan fingerprint density at radius 1 is 0.891 bits per heavy atom. The average molecular weight is 627 g/mol. The van der Waals surface area contributed by atoms with Gasteiger partial charge in [-0.2, -0.15) is 0 Å². The van der Waals surface area contributed by atoms with Crippen LogP contribution in [0.5, 0.6) is 0 Å². The largest absolute Gasteiger partial charge is 0.506 e. The summed E-state index contributed by atoms with van der Waals surface area (Å²) < 4.78 is 10.9. The molecule has 0 radical (unpaired) electrons. The summed E-state index contributed by atoms with van der Waals surface area (Å²) in [5.41, 5.74) is 7.39. The molecule has 0 spiro atoms. The number of aliphatic hydroxyl groups is 1. The van der Waals surface area contributed by atoms with Gasteiger partial charge in [0.05, 0.1) is 24.4 Å². The van der Waals surface area contributed by atoms with Crippen LogP contribution < -0.4 is 0 Å². The number of unbranched alkanes of at least 4 members (excludes halogenated alkanes) is 2.